The standard InChI is InChI=1S/C18H25N5O2/c1-14-7-9-23(20-14)10-8-18(24)22-11-12-25-16(13-22)15-5-4-6-17(19-15)21(2)3/h4-7,9,16H,8,10-13H2,1-3H3. The van der Waals surface area contributed by atoms with Crippen molar-refractivity contribution in [1.29, 1.82) is 0 Å². The minimum Gasteiger partial charge on any atom is -0.368 e. The highest BCUT2D eigenvalue weighted by atomic mass is 16.5. The third kappa shape index (κ3) is 4.36. The van der Waals surface area contributed by atoms with E-state index in [-0.39, 0.29) is 12.0 Å². The van der Waals surface area contributed by atoms with Gasteiger partial charge in [-0.3, -0.25) is 9.48 Å². The molecule has 1 fully saturated rings. The summed E-state index contributed by atoms with van der Waals surface area (Å²) >= 11 is 0. The van der Waals surface area contributed by atoms with Gasteiger partial charge in [-0.2, -0.15) is 5.10 Å². The van der Waals surface area contributed by atoms with E-state index in [2.05, 4.69) is 10.1 Å². The molecule has 0 radical (unpaired) electrons. The number of rotatable bonds is 5. The average Bonchev–Trinajstić information content (AvgIpc) is 3.05. The van der Waals surface area contributed by atoms with Gasteiger partial charge in [0.2, 0.25) is 5.91 Å². The molecule has 0 aromatic carbocycles. The van der Waals surface area contributed by atoms with Crippen LogP contribution in [0.4, 0.5) is 5.82 Å². The summed E-state index contributed by atoms with van der Waals surface area (Å²) in [6.07, 6.45) is 2.17. The Kier molecular flexibility index (Phi) is 5.33. The van der Waals surface area contributed by atoms with Gasteiger partial charge in [-0.1, -0.05) is 6.07 Å². The zero-order valence-corrected chi connectivity index (χ0v) is 15.1. The van der Waals surface area contributed by atoms with Gasteiger partial charge in [-0.15, -0.1) is 0 Å². The predicted molar refractivity (Wildman–Crippen MR) is 95.4 cm³/mol. The number of hydrogen-bond acceptors (Lipinski definition) is 5. The van der Waals surface area contributed by atoms with Crippen molar-refractivity contribution >= 4 is 11.7 Å². The third-order valence-corrected chi connectivity index (χ3v) is 4.29. The van der Waals surface area contributed by atoms with Crippen LogP contribution in [0.25, 0.3) is 0 Å². The van der Waals surface area contributed by atoms with Gasteiger partial charge in [-0.05, 0) is 25.1 Å². The van der Waals surface area contributed by atoms with E-state index in [1.807, 2.05) is 66.0 Å². The number of aromatic nitrogens is 3. The van der Waals surface area contributed by atoms with Gasteiger partial charge in [0.1, 0.15) is 11.9 Å². The van der Waals surface area contributed by atoms with Crippen LogP contribution in [-0.2, 0) is 16.1 Å². The maximum atomic E-state index is 12.5. The number of carbonyl (C=O) groups is 1. The highest BCUT2D eigenvalue weighted by Crippen LogP contribution is 2.23. The molecule has 1 unspecified atom stereocenters. The first-order chi connectivity index (χ1) is 12.0. The van der Waals surface area contributed by atoms with Gasteiger partial charge >= 0.3 is 0 Å². The van der Waals surface area contributed by atoms with Crippen LogP contribution in [0.1, 0.15) is 23.9 Å². The maximum absolute atomic E-state index is 12.5. The highest BCUT2D eigenvalue weighted by molar-refractivity contribution is 5.76. The normalized spacial score (nSPS) is 17.6. The number of hydrogen-bond donors (Lipinski definition) is 0. The third-order valence-electron chi connectivity index (χ3n) is 4.29. The predicted octanol–water partition coefficient (Wildman–Crippen LogP) is 1.64. The molecule has 2 aromatic rings. The van der Waals surface area contributed by atoms with Crippen molar-refractivity contribution in [3.8, 4) is 0 Å². The lowest BCUT2D eigenvalue weighted by Crippen LogP contribution is -2.42. The van der Waals surface area contributed by atoms with E-state index < -0.39 is 0 Å². The second-order valence-corrected chi connectivity index (χ2v) is 6.48. The Morgan fingerprint density at radius 3 is 2.92 bits per heavy atom. The number of ether oxygens (including phenoxy) is 1. The van der Waals surface area contributed by atoms with E-state index in [1.165, 1.54) is 0 Å². The molecule has 2 aromatic heterocycles. The summed E-state index contributed by atoms with van der Waals surface area (Å²) < 4.78 is 7.67. The summed E-state index contributed by atoms with van der Waals surface area (Å²) in [5.41, 5.74) is 1.83. The second-order valence-electron chi connectivity index (χ2n) is 6.48. The van der Waals surface area contributed by atoms with Gasteiger partial charge in [0.15, 0.2) is 0 Å². The zero-order valence-electron chi connectivity index (χ0n) is 15.1. The van der Waals surface area contributed by atoms with Crippen LogP contribution in [0.5, 0.6) is 0 Å². The molecule has 1 amide bonds. The van der Waals surface area contributed by atoms with Crippen molar-refractivity contribution < 1.29 is 9.53 Å². The van der Waals surface area contributed by atoms with E-state index in [0.717, 1.165) is 17.2 Å². The number of pyridine rings is 1. The Bertz CT molecular complexity index is 728. The first-order valence-corrected chi connectivity index (χ1v) is 8.56. The molecule has 3 heterocycles. The number of anilines is 1. The van der Waals surface area contributed by atoms with Crippen molar-refractivity contribution in [2.24, 2.45) is 0 Å². The minimum atomic E-state index is -0.176. The molecular formula is C18H25N5O2. The molecule has 1 saturated heterocycles. The molecule has 0 N–H and O–H groups in total. The lowest BCUT2D eigenvalue weighted by molar-refractivity contribution is -0.139. The quantitative estimate of drug-likeness (QED) is 0.826. The van der Waals surface area contributed by atoms with Crippen LogP contribution in [0.15, 0.2) is 30.5 Å². The van der Waals surface area contributed by atoms with Crippen molar-refractivity contribution in [3.63, 3.8) is 0 Å². The summed E-state index contributed by atoms with van der Waals surface area (Å²) in [5, 5.41) is 4.32. The summed E-state index contributed by atoms with van der Waals surface area (Å²) in [6.45, 7) is 4.25. The molecule has 0 spiro atoms. The van der Waals surface area contributed by atoms with Crippen molar-refractivity contribution in [1.82, 2.24) is 19.7 Å². The topological polar surface area (TPSA) is 63.5 Å². The van der Waals surface area contributed by atoms with E-state index in [0.29, 0.717) is 32.7 Å². The molecule has 1 aliphatic heterocycles. The second kappa shape index (κ2) is 7.65. The molecule has 0 aliphatic carbocycles. The number of morpholine rings is 1. The Hall–Kier alpha value is -2.41. The number of nitrogens with zero attached hydrogens (tertiary/aromatic N) is 5. The Morgan fingerprint density at radius 2 is 2.20 bits per heavy atom. The van der Waals surface area contributed by atoms with E-state index in [1.54, 1.807) is 0 Å². The fourth-order valence-corrected chi connectivity index (χ4v) is 2.88. The molecule has 25 heavy (non-hydrogen) atoms. The van der Waals surface area contributed by atoms with Crippen LogP contribution >= 0.6 is 0 Å². The largest absolute Gasteiger partial charge is 0.368 e. The minimum absolute atomic E-state index is 0.130. The van der Waals surface area contributed by atoms with Crippen LogP contribution in [0.3, 0.4) is 0 Å². The van der Waals surface area contributed by atoms with Crippen LogP contribution in [-0.4, -0.2) is 59.4 Å². The van der Waals surface area contributed by atoms with E-state index >= 15 is 0 Å². The van der Waals surface area contributed by atoms with Crippen molar-refractivity contribution in [3.05, 3.63) is 41.9 Å². The monoisotopic (exact) mass is 343 g/mol. The number of amides is 1. The molecule has 134 valence electrons. The van der Waals surface area contributed by atoms with Gasteiger partial charge in [0.25, 0.3) is 0 Å². The molecule has 0 bridgehead atoms. The molecule has 1 atom stereocenters. The van der Waals surface area contributed by atoms with Crippen LogP contribution in [0.2, 0.25) is 0 Å². The summed E-state index contributed by atoms with van der Waals surface area (Å²) in [7, 11) is 3.92. The van der Waals surface area contributed by atoms with Crippen LogP contribution < -0.4 is 4.90 Å². The van der Waals surface area contributed by atoms with Crippen molar-refractivity contribution in [2.75, 3.05) is 38.7 Å². The summed E-state index contributed by atoms with van der Waals surface area (Å²) in [6, 6.07) is 7.83. The van der Waals surface area contributed by atoms with E-state index in [4.69, 9.17) is 4.74 Å². The molecule has 7 heteroatoms. The first kappa shape index (κ1) is 17.4. The smallest absolute Gasteiger partial charge is 0.224 e. The SMILES string of the molecule is Cc1ccn(CCC(=O)N2CCOC(c3cccc(N(C)C)n3)C2)n1. The van der Waals surface area contributed by atoms with Gasteiger partial charge < -0.3 is 14.5 Å². The van der Waals surface area contributed by atoms with Crippen molar-refractivity contribution in [2.45, 2.75) is 26.0 Å². The lowest BCUT2D eigenvalue weighted by atomic mass is 10.1. The lowest BCUT2D eigenvalue weighted by Gasteiger charge is -2.33. The molecule has 1 aliphatic rings. The van der Waals surface area contributed by atoms with Crippen LogP contribution in [0, 0.1) is 6.92 Å². The molecule has 3 rings (SSSR count). The Labute approximate surface area is 148 Å². The van der Waals surface area contributed by atoms with E-state index in [9.17, 15) is 4.79 Å². The fourth-order valence-electron chi connectivity index (χ4n) is 2.88. The highest BCUT2D eigenvalue weighted by Gasteiger charge is 2.26. The number of carbonyl (C=O) groups excluding carboxylic acids is 1. The summed E-state index contributed by atoms with van der Waals surface area (Å²) in [5.74, 6) is 1.02. The first-order valence-electron chi connectivity index (χ1n) is 8.56. The molecular weight excluding hydrogens is 318 g/mol. The molecule has 0 saturated carbocycles. The summed E-state index contributed by atoms with van der Waals surface area (Å²) in [4.78, 5) is 21.0. The van der Waals surface area contributed by atoms with Gasteiger partial charge in [-0.25, -0.2) is 4.98 Å². The van der Waals surface area contributed by atoms with Gasteiger partial charge in [0.05, 0.1) is 24.5 Å². The zero-order chi connectivity index (χ0) is 17.8. The van der Waals surface area contributed by atoms with Gasteiger partial charge in [0, 0.05) is 39.8 Å². The average molecular weight is 343 g/mol. The fraction of sp³-hybridized carbons (Fsp3) is 0.500. The Balaban J connectivity index is 1.60. The Morgan fingerprint density at radius 1 is 1.36 bits per heavy atom. The number of aryl methyl sites for hydroxylation is 2. The maximum Gasteiger partial charge on any atom is 0.224 e. The molecule has 7 nitrogen and oxygen atoms in total.